The molecule has 1 aliphatic rings. The van der Waals surface area contributed by atoms with Gasteiger partial charge >= 0.3 is 6.36 Å². The molecule has 4 nitrogen and oxygen atoms in total. The van der Waals surface area contributed by atoms with Gasteiger partial charge in [-0.25, -0.2) is 0 Å². The summed E-state index contributed by atoms with van der Waals surface area (Å²) in [6.07, 6.45) is -3.72. The van der Waals surface area contributed by atoms with E-state index in [1.54, 1.807) is 6.08 Å². The number of carboxylic acid groups (broad SMARTS) is 1. The van der Waals surface area contributed by atoms with Gasteiger partial charge in [0.2, 0.25) is 0 Å². The first-order valence-electron chi connectivity index (χ1n) is 5.86. The molecule has 0 bridgehead atoms. The van der Waals surface area contributed by atoms with Crippen LogP contribution in [0.1, 0.15) is 12.0 Å². The summed E-state index contributed by atoms with van der Waals surface area (Å²) in [5, 5.41) is 10.6. The molecule has 0 saturated carbocycles. The molecule has 0 radical (unpaired) electrons. The van der Waals surface area contributed by atoms with Crippen LogP contribution >= 0.6 is 0 Å². The highest BCUT2D eigenvalue weighted by Gasteiger charge is 2.31. The molecule has 0 spiro atoms. The molecule has 1 aromatic rings. The number of halogens is 3. The third-order valence-corrected chi connectivity index (χ3v) is 2.93. The normalized spacial score (nSPS) is 15.8. The maximum atomic E-state index is 12.0. The lowest BCUT2D eigenvalue weighted by molar-refractivity contribution is -0.274. The number of ether oxygens (including phenoxy) is 1. The molecule has 0 atom stereocenters. The lowest BCUT2D eigenvalue weighted by Gasteiger charge is -2.28. The highest BCUT2D eigenvalue weighted by atomic mass is 19.4. The van der Waals surface area contributed by atoms with E-state index in [4.69, 9.17) is 0 Å². The smallest absolute Gasteiger partial charge is 0.530 e. The van der Waals surface area contributed by atoms with Crippen molar-refractivity contribution in [3.8, 4) is 5.75 Å². The summed E-state index contributed by atoms with van der Waals surface area (Å²) >= 11 is 0. The Bertz CT molecular complexity index is 523. The fraction of sp³-hybridized carbons (Fsp3) is 0.308. The summed E-state index contributed by atoms with van der Waals surface area (Å²) in [6.45, 7) is 0.535. The maximum Gasteiger partial charge on any atom is 0.573 e. The van der Waals surface area contributed by atoms with E-state index in [1.165, 1.54) is 24.3 Å². The average Bonchev–Trinajstić information content (AvgIpc) is 2.38. The lowest BCUT2D eigenvalue weighted by atomic mass is 10.00. The van der Waals surface area contributed by atoms with Crippen LogP contribution in [0.5, 0.6) is 5.75 Å². The summed E-state index contributed by atoms with van der Waals surface area (Å²) in [5.41, 5.74) is 1.64. The average molecular weight is 286 g/mol. The topological polar surface area (TPSA) is 52.6 Å². The molecule has 0 unspecified atom stereocenters. The van der Waals surface area contributed by atoms with Crippen molar-refractivity contribution < 1.29 is 27.8 Å². The number of hydrogen-bond acceptors (Lipinski definition) is 3. The van der Waals surface area contributed by atoms with Crippen molar-refractivity contribution in [2.45, 2.75) is 12.8 Å². The van der Waals surface area contributed by atoms with Gasteiger partial charge in [0, 0.05) is 13.1 Å². The van der Waals surface area contributed by atoms with Gasteiger partial charge in [0.1, 0.15) is 11.8 Å². The molecule has 1 heterocycles. The highest BCUT2D eigenvalue weighted by molar-refractivity contribution is 5.70. The fourth-order valence-corrected chi connectivity index (χ4v) is 1.97. The molecule has 0 N–H and O–H groups in total. The molecule has 0 aliphatic carbocycles. The second-order valence-electron chi connectivity index (χ2n) is 4.26. The van der Waals surface area contributed by atoms with E-state index in [2.05, 4.69) is 4.74 Å². The Morgan fingerprint density at radius 2 is 1.90 bits per heavy atom. The van der Waals surface area contributed by atoms with Gasteiger partial charge in [-0.3, -0.25) is 0 Å². The Morgan fingerprint density at radius 3 is 2.35 bits per heavy atom. The standard InChI is InChI=1S/C13H12F3NO3/c14-13(15,16)20-11-3-1-9(2-4-11)10-5-7-17(8-6-10)12(18)19/h1-5H,6-8H2,(H,18,19)/p-1. The van der Waals surface area contributed by atoms with Gasteiger partial charge in [-0.05, 0) is 29.7 Å². The van der Waals surface area contributed by atoms with Gasteiger partial charge in [0.05, 0.1) is 0 Å². The molecule has 108 valence electrons. The number of carbonyl (C=O) groups is 1. The van der Waals surface area contributed by atoms with Crippen molar-refractivity contribution in [2.24, 2.45) is 0 Å². The Kier molecular flexibility index (Phi) is 3.87. The summed E-state index contributed by atoms with van der Waals surface area (Å²) < 4.78 is 39.8. The number of amides is 1. The highest BCUT2D eigenvalue weighted by Crippen LogP contribution is 2.27. The van der Waals surface area contributed by atoms with Crippen molar-refractivity contribution in [2.75, 3.05) is 13.1 Å². The van der Waals surface area contributed by atoms with Crippen molar-refractivity contribution >= 4 is 11.7 Å². The number of rotatable bonds is 2. The molecular weight excluding hydrogens is 275 g/mol. The molecule has 0 aromatic heterocycles. The van der Waals surface area contributed by atoms with Gasteiger partial charge < -0.3 is 19.5 Å². The van der Waals surface area contributed by atoms with Gasteiger partial charge in [0.15, 0.2) is 0 Å². The largest absolute Gasteiger partial charge is 0.573 e. The van der Waals surface area contributed by atoms with Gasteiger partial charge in [-0.1, -0.05) is 18.2 Å². The van der Waals surface area contributed by atoms with E-state index in [0.29, 0.717) is 13.0 Å². The van der Waals surface area contributed by atoms with E-state index in [1.807, 2.05) is 0 Å². The number of benzene rings is 1. The zero-order chi connectivity index (χ0) is 14.8. The van der Waals surface area contributed by atoms with Crippen LogP contribution in [0.15, 0.2) is 30.3 Å². The summed E-state index contributed by atoms with van der Waals surface area (Å²) in [5.74, 6) is -0.283. The van der Waals surface area contributed by atoms with Crippen LogP contribution < -0.4 is 9.84 Å². The number of carbonyl (C=O) groups excluding carboxylic acids is 1. The Labute approximate surface area is 113 Å². The number of hydrogen-bond donors (Lipinski definition) is 0. The molecule has 0 fully saturated rings. The molecule has 2 rings (SSSR count). The van der Waals surface area contributed by atoms with E-state index >= 15 is 0 Å². The molecule has 1 aliphatic heterocycles. The van der Waals surface area contributed by atoms with Gasteiger partial charge in [0.25, 0.3) is 0 Å². The van der Waals surface area contributed by atoms with E-state index in [-0.39, 0.29) is 12.3 Å². The van der Waals surface area contributed by atoms with E-state index in [9.17, 15) is 23.1 Å². The van der Waals surface area contributed by atoms with Crippen LogP contribution in [0, 0.1) is 0 Å². The second kappa shape index (κ2) is 5.44. The minimum Gasteiger partial charge on any atom is -0.530 e. The second-order valence-corrected chi connectivity index (χ2v) is 4.26. The van der Waals surface area contributed by atoms with Crippen LogP contribution in [0.25, 0.3) is 5.57 Å². The van der Waals surface area contributed by atoms with Crippen LogP contribution in [0.3, 0.4) is 0 Å². The third-order valence-electron chi connectivity index (χ3n) is 2.93. The maximum absolute atomic E-state index is 12.0. The first-order valence-corrected chi connectivity index (χ1v) is 5.86. The molecular formula is C13H11F3NO3-. The monoisotopic (exact) mass is 286 g/mol. The molecule has 20 heavy (non-hydrogen) atoms. The van der Waals surface area contributed by atoms with Crippen molar-refractivity contribution in [3.05, 3.63) is 35.9 Å². The predicted molar refractivity (Wildman–Crippen MR) is 62.7 cm³/mol. The van der Waals surface area contributed by atoms with E-state index < -0.39 is 12.5 Å². The Hall–Kier alpha value is -2.18. The number of nitrogens with zero attached hydrogens (tertiary/aromatic N) is 1. The van der Waals surface area contributed by atoms with Crippen molar-refractivity contribution in [3.63, 3.8) is 0 Å². The minimum absolute atomic E-state index is 0.221. The predicted octanol–water partition coefficient (Wildman–Crippen LogP) is 2.02. The zero-order valence-electron chi connectivity index (χ0n) is 10.3. The molecule has 1 aromatic carbocycles. The fourth-order valence-electron chi connectivity index (χ4n) is 1.97. The zero-order valence-corrected chi connectivity index (χ0v) is 10.3. The van der Waals surface area contributed by atoms with Crippen molar-refractivity contribution in [1.82, 2.24) is 4.90 Å². The summed E-state index contributed by atoms with van der Waals surface area (Å²) in [7, 11) is 0. The Morgan fingerprint density at radius 1 is 1.25 bits per heavy atom. The first-order chi connectivity index (χ1) is 9.35. The van der Waals surface area contributed by atoms with E-state index in [0.717, 1.165) is 16.0 Å². The number of alkyl halides is 3. The van der Waals surface area contributed by atoms with Crippen molar-refractivity contribution in [1.29, 1.82) is 0 Å². The van der Waals surface area contributed by atoms with Crippen LogP contribution in [-0.2, 0) is 0 Å². The van der Waals surface area contributed by atoms with Crippen LogP contribution in [0.2, 0.25) is 0 Å². The third kappa shape index (κ3) is 3.66. The van der Waals surface area contributed by atoms with Crippen LogP contribution in [0.4, 0.5) is 18.0 Å². The van der Waals surface area contributed by atoms with Gasteiger partial charge in [-0.15, -0.1) is 13.2 Å². The SMILES string of the molecule is O=C([O-])N1CC=C(c2ccc(OC(F)(F)F)cc2)CC1. The summed E-state index contributed by atoms with van der Waals surface area (Å²) in [6, 6.07) is 5.49. The summed E-state index contributed by atoms with van der Waals surface area (Å²) in [4.78, 5) is 11.8. The molecule has 1 amide bonds. The van der Waals surface area contributed by atoms with Crippen LogP contribution in [-0.4, -0.2) is 30.4 Å². The molecule has 7 heteroatoms. The van der Waals surface area contributed by atoms with Gasteiger partial charge in [-0.2, -0.15) is 0 Å². The quantitative estimate of drug-likeness (QED) is 0.835. The first kappa shape index (κ1) is 14.2. The minimum atomic E-state index is -4.71. The molecule has 0 saturated heterocycles. The Balaban J connectivity index is 2.06. The lowest BCUT2D eigenvalue weighted by Crippen LogP contribution is -2.43.